The highest BCUT2D eigenvalue weighted by Gasteiger charge is 2.38. The van der Waals surface area contributed by atoms with E-state index in [0.717, 1.165) is 0 Å². The first-order chi connectivity index (χ1) is 7.09. The van der Waals surface area contributed by atoms with Gasteiger partial charge in [0.25, 0.3) is 0 Å². The molecule has 0 bridgehead atoms. The molecule has 0 aromatic carbocycles. The lowest BCUT2D eigenvalue weighted by Crippen LogP contribution is -2.51. The van der Waals surface area contributed by atoms with Crippen LogP contribution >= 0.6 is 0 Å². The highest BCUT2D eigenvalue weighted by atomic mass is 16.7. The van der Waals surface area contributed by atoms with Gasteiger partial charge in [0.2, 0.25) is 5.91 Å². The standard InChI is InChI=1S/C10H17NO4/c1-10(14-4-5-15-10)6-7-8(12)2-3-9(13)11-7/h7-8,12H,2-6H2,1H3,(H,11,13)/t7-,8+/m1/s1. The molecule has 2 aliphatic rings. The minimum Gasteiger partial charge on any atom is -0.391 e. The monoisotopic (exact) mass is 215 g/mol. The fourth-order valence-electron chi connectivity index (χ4n) is 2.12. The Bertz CT molecular complexity index is 250. The molecule has 2 N–H and O–H groups in total. The summed E-state index contributed by atoms with van der Waals surface area (Å²) < 4.78 is 10.9. The summed E-state index contributed by atoms with van der Waals surface area (Å²) in [6, 6.07) is -0.255. The van der Waals surface area contributed by atoms with E-state index >= 15 is 0 Å². The second-order valence-electron chi connectivity index (χ2n) is 4.31. The van der Waals surface area contributed by atoms with Crippen LogP contribution in [0.4, 0.5) is 0 Å². The number of carbonyl (C=O) groups is 1. The van der Waals surface area contributed by atoms with Crippen LogP contribution in [-0.2, 0) is 14.3 Å². The number of piperidine rings is 1. The summed E-state index contributed by atoms with van der Waals surface area (Å²) in [6.07, 6.45) is 0.926. The first-order valence-electron chi connectivity index (χ1n) is 5.34. The lowest BCUT2D eigenvalue weighted by atomic mass is 9.95. The summed E-state index contributed by atoms with van der Waals surface area (Å²) in [5, 5.41) is 12.5. The molecule has 1 amide bonds. The first-order valence-corrected chi connectivity index (χ1v) is 5.34. The van der Waals surface area contributed by atoms with Gasteiger partial charge < -0.3 is 19.9 Å². The van der Waals surface area contributed by atoms with E-state index in [1.54, 1.807) is 0 Å². The van der Waals surface area contributed by atoms with Crippen molar-refractivity contribution in [3.63, 3.8) is 0 Å². The Morgan fingerprint density at radius 2 is 2.20 bits per heavy atom. The lowest BCUT2D eigenvalue weighted by molar-refractivity contribution is -0.160. The zero-order chi connectivity index (χ0) is 10.9. The topological polar surface area (TPSA) is 67.8 Å². The number of hydrogen-bond donors (Lipinski definition) is 2. The van der Waals surface area contributed by atoms with Crippen molar-refractivity contribution in [2.45, 2.75) is 44.1 Å². The number of nitrogens with one attached hydrogen (secondary N) is 1. The van der Waals surface area contributed by atoms with Crippen LogP contribution in [0.3, 0.4) is 0 Å². The molecule has 2 aliphatic heterocycles. The average Bonchev–Trinajstić information content (AvgIpc) is 2.59. The summed E-state index contributed by atoms with van der Waals surface area (Å²) >= 11 is 0. The average molecular weight is 215 g/mol. The quantitative estimate of drug-likeness (QED) is 0.668. The van der Waals surface area contributed by atoms with Gasteiger partial charge in [0, 0.05) is 12.8 Å². The molecule has 2 rings (SSSR count). The van der Waals surface area contributed by atoms with Crippen molar-refractivity contribution < 1.29 is 19.4 Å². The van der Waals surface area contributed by atoms with E-state index in [1.807, 2.05) is 6.92 Å². The van der Waals surface area contributed by atoms with Crippen LogP contribution in [0.5, 0.6) is 0 Å². The van der Waals surface area contributed by atoms with Crippen molar-refractivity contribution in [3.8, 4) is 0 Å². The Balaban J connectivity index is 1.94. The minimum absolute atomic E-state index is 0.00750. The second kappa shape index (κ2) is 4.08. The second-order valence-corrected chi connectivity index (χ2v) is 4.31. The molecule has 0 aromatic heterocycles. The first kappa shape index (κ1) is 10.9. The molecule has 86 valence electrons. The molecule has 0 saturated carbocycles. The number of rotatable bonds is 2. The van der Waals surface area contributed by atoms with Gasteiger partial charge in [-0.15, -0.1) is 0 Å². The molecule has 15 heavy (non-hydrogen) atoms. The maximum atomic E-state index is 11.2. The van der Waals surface area contributed by atoms with Crippen molar-refractivity contribution in [2.75, 3.05) is 13.2 Å². The minimum atomic E-state index is -0.656. The van der Waals surface area contributed by atoms with Crippen LogP contribution in [0.1, 0.15) is 26.2 Å². The van der Waals surface area contributed by atoms with Crippen LogP contribution in [0.25, 0.3) is 0 Å². The van der Waals surface area contributed by atoms with E-state index in [-0.39, 0.29) is 11.9 Å². The normalized spacial score (nSPS) is 35.2. The predicted octanol–water partition coefficient (Wildman–Crippen LogP) is -0.221. The van der Waals surface area contributed by atoms with Gasteiger partial charge in [-0.25, -0.2) is 0 Å². The molecule has 0 radical (unpaired) electrons. The Kier molecular flexibility index (Phi) is 2.95. The van der Waals surface area contributed by atoms with Gasteiger partial charge in [-0.2, -0.15) is 0 Å². The van der Waals surface area contributed by atoms with Crippen molar-refractivity contribution in [1.29, 1.82) is 0 Å². The maximum absolute atomic E-state index is 11.2. The number of carbonyl (C=O) groups excluding carboxylic acids is 1. The Labute approximate surface area is 88.7 Å². The summed E-state index contributed by atoms with van der Waals surface area (Å²) in [6.45, 7) is 2.99. The third-order valence-corrected chi connectivity index (χ3v) is 2.97. The van der Waals surface area contributed by atoms with Gasteiger partial charge in [-0.3, -0.25) is 4.79 Å². The summed E-state index contributed by atoms with van der Waals surface area (Å²) in [7, 11) is 0. The van der Waals surface area contributed by atoms with Crippen molar-refractivity contribution in [1.82, 2.24) is 5.32 Å². The Morgan fingerprint density at radius 1 is 1.53 bits per heavy atom. The number of hydrogen-bond acceptors (Lipinski definition) is 4. The zero-order valence-corrected chi connectivity index (χ0v) is 8.86. The van der Waals surface area contributed by atoms with Crippen LogP contribution in [-0.4, -0.2) is 42.2 Å². The van der Waals surface area contributed by atoms with Crippen LogP contribution in [0, 0.1) is 0 Å². The SMILES string of the molecule is CC1(C[C@H]2NC(=O)CC[C@@H]2O)OCCO1. The maximum Gasteiger partial charge on any atom is 0.220 e. The van der Waals surface area contributed by atoms with Gasteiger partial charge >= 0.3 is 0 Å². The van der Waals surface area contributed by atoms with Crippen molar-refractivity contribution in [2.24, 2.45) is 0 Å². The Hall–Kier alpha value is -0.650. The molecule has 2 atom stereocenters. The fourth-order valence-corrected chi connectivity index (χ4v) is 2.12. The number of aliphatic hydroxyl groups excluding tert-OH is 1. The molecule has 0 unspecified atom stereocenters. The van der Waals surface area contributed by atoms with Gasteiger partial charge in [0.15, 0.2) is 5.79 Å². The van der Waals surface area contributed by atoms with Crippen molar-refractivity contribution in [3.05, 3.63) is 0 Å². The zero-order valence-electron chi connectivity index (χ0n) is 8.86. The van der Waals surface area contributed by atoms with E-state index in [9.17, 15) is 9.90 Å². The third-order valence-electron chi connectivity index (χ3n) is 2.97. The fraction of sp³-hybridized carbons (Fsp3) is 0.900. The molecular weight excluding hydrogens is 198 g/mol. The molecule has 2 fully saturated rings. The summed E-state index contributed by atoms with van der Waals surface area (Å²) in [5.41, 5.74) is 0. The largest absolute Gasteiger partial charge is 0.391 e. The number of ether oxygens (including phenoxy) is 2. The smallest absolute Gasteiger partial charge is 0.220 e. The van der Waals surface area contributed by atoms with Gasteiger partial charge in [-0.05, 0) is 13.3 Å². The van der Waals surface area contributed by atoms with E-state index in [0.29, 0.717) is 32.5 Å². The number of amides is 1. The van der Waals surface area contributed by atoms with E-state index < -0.39 is 11.9 Å². The van der Waals surface area contributed by atoms with Crippen LogP contribution in [0.15, 0.2) is 0 Å². The molecule has 5 nitrogen and oxygen atoms in total. The molecular formula is C10H17NO4. The summed E-state index contributed by atoms with van der Waals surface area (Å²) in [5.74, 6) is -0.664. The molecule has 2 saturated heterocycles. The van der Waals surface area contributed by atoms with Gasteiger partial charge in [0.1, 0.15) is 0 Å². The van der Waals surface area contributed by atoms with Gasteiger partial charge in [-0.1, -0.05) is 0 Å². The van der Waals surface area contributed by atoms with E-state index in [2.05, 4.69) is 5.32 Å². The molecule has 2 heterocycles. The third kappa shape index (κ3) is 2.48. The summed E-state index contributed by atoms with van der Waals surface area (Å²) in [4.78, 5) is 11.2. The van der Waals surface area contributed by atoms with Crippen LogP contribution < -0.4 is 5.32 Å². The predicted molar refractivity (Wildman–Crippen MR) is 52.1 cm³/mol. The molecule has 0 aromatic rings. The molecule has 0 spiro atoms. The Morgan fingerprint density at radius 3 is 2.87 bits per heavy atom. The van der Waals surface area contributed by atoms with E-state index in [1.165, 1.54) is 0 Å². The van der Waals surface area contributed by atoms with Crippen molar-refractivity contribution >= 4 is 5.91 Å². The van der Waals surface area contributed by atoms with Crippen LogP contribution in [0.2, 0.25) is 0 Å². The molecule has 0 aliphatic carbocycles. The highest BCUT2D eigenvalue weighted by Crippen LogP contribution is 2.27. The van der Waals surface area contributed by atoms with E-state index in [4.69, 9.17) is 9.47 Å². The molecule has 5 heteroatoms. The number of aliphatic hydroxyl groups is 1. The highest BCUT2D eigenvalue weighted by molar-refractivity contribution is 5.77. The van der Waals surface area contributed by atoms with Gasteiger partial charge in [0.05, 0.1) is 25.4 Å². The lowest BCUT2D eigenvalue weighted by Gasteiger charge is -2.33.